The Bertz CT molecular complexity index is 464. The molecule has 2 fully saturated rings. The molecule has 4 heteroatoms. The van der Waals surface area contributed by atoms with Crippen LogP contribution < -0.4 is 5.32 Å². The van der Waals surface area contributed by atoms with E-state index in [1.807, 2.05) is 20.8 Å². The molecule has 124 valence electrons. The van der Waals surface area contributed by atoms with E-state index in [1.54, 1.807) is 0 Å². The van der Waals surface area contributed by atoms with Crippen molar-refractivity contribution < 1.29 is 8.42 Å². The van der Waals surface area contributed by atoms with E-state index in [9.17, 15) is 8.42 Å². The Morgan fingerprint density at radius 3 is 2.33 bits per heavy atom. The first kappa shape index (κ1) is 17.3. The normalized spacial score (nSPS) is 33.0. The van der Waals surface area contributed by atoms with Crippen LogP contribution in [0.25, 0.3) is 0 Å². The lowest BCUT2D eigenvalue weighted by molar-refractivity contribution is 0.147. The molecule has 21 heavy (non-hydrogen) atoms. The van der Waals surface area contributed by atoms with E-state index >= 15 is 0 Å². The summed E-state index contributed by atoms with van der Waals surface area (Å²) in [5.74, 6) is 1.93. The van der Waals surface area contributed by atoms with Crippen molar-refractivity contribution >= 4 is 9.84 Å². The topological polar surface area (TPSA) is 46.2 Å². The molecule has 0 saturated heterocycles. The molecule has 2 saturated carbocycles. The average molecular weight is 316 g/mol. The van der Waals surface area contributed by atoms with Gasteiger partial charge >= 0.3 is 0 Å². The van der Waals surface area contributed by atoms with E-state index in [1.165, 1.54) is 25.7 Å². The van der Waals surface area contributed by atoms with Crippen LogP contribution in [0.5, 0.6) is 0 Å². The fourth-order valence-corrected chi connectivity index (χ4v) is 5.51. The zero-order chi connectivity index (χ0) is 15.9. The van der Waals surface area contributed by atoms with E-state index in [0.29, 0.717) is 11.8 Å². The molecule has 0 heterocycles. The number of fused-ring (bicyclic) bond motifs is 2. The van der Waals surface area contributed by atoms with Gasteiger partial charge in [0.25, 0.3) is 0 Å². The van der Waals surface area contributed by atoms with Crippen molar-refractivity contribution in [2.75, 3.05) is 12.3 Å². The number of rotatable bonds is 6. The molecule has 0 radical (unpaired) electrons. The fraction of sp³-hybridized carbons (Fsp3) is 1.00. The van der Waals surface area contributed by atoms with Crippen molar-refractivity contribution in [1.29, 1.82) is 0 Å². The minimum Gasteiger partial charge on any atom is -0.314 e. The third-order valence-corrected chi connectivity index (χ3v) is 8.37. The summed E-state index contributed by atoms with van der Waals surface area (Å²) < 4.78 is 24.3. The SMILES string of the molecule is CC(C)NCC1(CCS(=O)(=O)C(C)(C)C)CC2CCC1C2. The molecule has 2 aliphatic carbocycles. The molecule has 3 atom stereocenters. The summed E-state index contributed by atoms with van der Waals surface area (Å²) in [7, 11) is -3.01. The van der Waals surface area contributed by atoms with Crippen LogP contribution in [0.15, 0.2) is 0 Å². The van der Waals surface area contributed by atoms with Gasteiger partial charge < -0.3 is 5.32 Å². The number of hydrogen-bond donors (Lipinski definition) is 1. The third kappa shape index (κ3) is 3.64. The van der Waals surface area contributed by atoms with E-state index < -0.39 is 14.6 Å². The zero-order valence-electron chi connectivity index (χ0n) is 14.4. The van der Waals surface area contributed by atoms with Crippen molar-refractivity contribution in [3.63, 3.8) is 0 Å². The van der Waals surface area contributed by atoms with E-state index in [-0.39, 0.29) is 5.41 Å². The molecule has 0 aliphatic heterocycles. The maximum Gasteiger partial charge on any atom is 0.155 e. The second kappa shape index (κ2) is 5.84. The summed E-state index contributed by atoms with van der Waals surface area (Å²) in [5.41, 5.74) is 0.228. The highest BCUT2D eigenvalue weighted by Gasteiger charge is 2.51. The largest absolute Gasteiger partial charge is 0.314 e. The van der Waals surface area contributed by atoms with Crippen molar-refractivity contribution in [3.8, 4) is 0 Å². The van der Waals surface area contributed by atoms with Crippen LogP contribution in [0, 0.1) is 17.3 Å². The molecular weight excluding hydrogens is 282 g/mol. The summed E-state index contributed by atoms with van der Waals surface area (Å²) in [5, 5.41) is 3.59. The highest BCUT2D eigenvalue weighted by molar-refractivity contribution is 7.92. The minimum atomic E-state index is -3.01. The van der Waals surface area contributed by atoms with Crippen LogP contribution in [0.1, 0.15) is 66.7 Å². The van der Waals surface area contributed by atoms with Gasteiger partial charge in [-0.25, -0.2) is 8.42 Å². The van der Waals surface area contributed by atoms with Gasteiger partial charge in [0.1, 0.15) is 0 Å². The van der Waals surface area contributed by atoms with E-state index in [4.69, 9.17) is 0 Å². The van der Waals surface area contributed by atoms with Crippen molar-refractivity contribution in [2.45, 2.75) is 77.5 Å². The second-order valence-electron chi connectivity index (χ2n) is 8.66. The second-order valence-corrected chi connectivity index (χ2v) is 11.5. The Morgan fingerprint density at radius 2 is 1.90 bits per heavy atom. The summed E-state index contributed by atoms with van der Waals surface area (Å²) in [4.78, 5) is 0. The lowest BCUT2D eigenvalue weighted by Crippen LogP contribution is -2.43. The summed E-state index contributed by atoms with van der Waals surface area (Å²) >= 11 is 0. The number of nitrogens with one attached hydrogen (secondary N) is 1. The van der Waals surface area contributed by atoms with Crippen LogP contribution in [0.4, 0.5) is 0 Å². The van der Waals surface area contributed by atoms with Gasteiger partial charge in [0, 0.05) is 12.6 Å². The van der Waals surface area contributed by atoms with Crippen LogP contribution >= 0.6 is 0 Å². The molecule has 1 N–H and O–H groups in total. The highest BCUT2D eigenvalue weighted by atomic mass is 32.2. The first-order chi connectivity index (χ1) is 9.56. The van der Waals surface area contributed by atoms with E-state index in [2.05, 4.69) is 19.2 Å². The van der Waals surface area contributed by atoms with Gasteiger partial charge in [0.2, 0.25) is 0 Å². The standard InChI is InChI=1S/C17H33NO2S/c1-13(2)18-12-17(11-14-6-7-15(17)10-14)8-9-21(19,20)16(3,4)5/h13-15,18H,6-12H2,1-5H3. The van der Waals surface area contributed by atoms with Crippen molar-refractivity contribution in [2.24, 2.45) is 17.3 Å². The number of hydrogen-bond acceptors (Lipinski definition) is 3. The molecule has 2 aliphatic rings. The predicted molar refractivity (Wildman–Crippen MR) is 89.2 cm³/mol. The van der Waals surface area contributed by atoms with Gasteiger partial charge in [-0.2, -0.15) is 0 Å². The Kier molecular flexibility index (Phi) is 4.80. The zero-order valence-corrected chi connectivity index (χ0v) is 15.2. The number of sulfone groups is 1. The lowest BCUT2D eigenvalue weighted by atomic mass is 9.71. The molecule has 2 bridgehead atoms. The first-order valence-corrected chi connectivity index (χ1v) is 10.2. The Balaban J connectivity index is 2.08. The van der Waals surface area contributed by atoms with Crippen LogP contribution in [0.3, 0.4) is 0 Å². The Morgan fingerprint density at radius 1 is 1.24 bits per heavy atom. The van der Waals surface area contributed by atoms with Crippen LogP contribution in [-0.2, 0) is 9.84 Å². The van der Waals surface area contributed by atoms with Crippen LogP contribution in [-0.4, -0.2) is 31.5 Å². The van der Waals surface area contributed by atoms with Crippen molar-refractivity contribution in [3.05, 3.63) is 0 Å². The third-order valence-electron chi connectivity index (χ3n) is 5.77. The minimum absolute atomic E-state index is 0.228. The predicted octanol–water partition coefficient (Wildman–Crippen LogP) is 3.39. The molecular formula is C17H33NO2S. The van der Waals surface area contributed by atoms with Gasteiger partial charge in [-0.3, -0.25) is 0 Å². The smallest absolute Gasteiger partial charge is 0.155 e. The van der Waals surface area contributed by atoms with E-state index in [0.717, 1.165) is 24.8 Å². The molecule has 3 nitrogen and oxygen atoms in total. The molecule has 3 unspecified atom stereocenters. The Labute approximate surface area is 131 Å². The molecule has 0 aromatic heterocycles. The first-order valence-electron chi connectivity index (χ1n) is 8.51. The monoisotopic (exact) mass is 315 g/mol. The molecule has 0 amide bonds. The van der Waals surface area contributed by atoms with Gasteiger partial charge in [-0.05, 0) is 63.7 Å². The van der Waals surface area contributed by atoms with Crippen molar-refractivity contribution in [1.82, 2.24) is 5.32 Å². The van der Waals surface area contributed by atoms with Gasteiger partial charge in [-0.1, -0.05) is 20.3 Å². The molecule has 0 aromatic rings. The molecule has 2 rings (SSSR count). The fourth-order valence-electron chi connectivity index (χ4n) is 4.22. The van der Waals surface area contributed by atoms with Gasteiger partial charge in [0.05, 0.1) is 10.5 Å². The summed E-state index contributed by atoms with van der Waals surface area (Å²) in [6.07, 6.45) is 6.07. The maximum absolute atomic E-state index is 12.5. The lowest BCUT2D eigenvalue weighted by Gasteiger charge is -2.39. The Hall–Kier alpha value is -0.0900. The average Bonchev–Trinajstić information content (AvgIpc) is 2.93. The molecule has 0 spiro atoms. The van der Waals surface area contributed by atoms with Crippen LogP contribution in [0.2, 0.25) is 0 Å². The quantitative estimate of drug-likeness (QED) is 0.817. The van der Waals surface area contributed by atoms with Gasteiger partial charge in [0.15, 0.2) is 9.84 Å². The summed E-state index contributed by atoms with van der Waals surface area (Å²) in [6.45, 7) is 10.8. The molecule has 0 aromatic carbocycles. The maximum atomic E-state index is 12.5. The summed E-state index contributed by atoms with van der Waals surface area (Å²) in [6, 6.07) is 0.472. The van der Waals surface area contributed by atoms with Gasteiger partial charge in [-0.15, -0.1) is 0 Å². The highest BCUT2D eigenvalue weighted by Crippen LogP contribution is 2.57.